The SMILES string of the molecule is Cc1cn2cc(-c3cc4ccc(N5CCCN(C)CC5)cc4oc3=O)nc2c(C)n1.Cc1cn2cc(-c3cc4ccc(N5CCCNCC5)cc4oc3=O)nc2c(C)n1.Cc1cn2cc(-c3cc4ccc(N5CCN(C)CC5)cc4oc3=O)nc2c(C)n1.Cc1cn2cc(-c3cc4ccc(N5CCNCC5)cc4oc3=O)nc2c(C)n1.Cc1cn2cc(-c3cc4ccc(N5C[C@@H](C)N[C@@H](C)C5)cc4oc3=O)nc2c(C)n1. The molecule has 15 aromatic heterocycles. The Morgan fingerprint density at radius 1 is 0.260 bits per heavy atom. The topological polar surface area (TPSA) is 361 Å². The Labute approximate surface area is 839 Å². The molecule has 35 nitrogen and oxygen atoms in total. The van der Waals surface area contributed by atoms with Crippen LogP contribution in [0.3, 0.4) is 0 Å². The number of hydrogen-bond donors (Lipinski definition) is 3. The number of nitrogens with one attached hydrogen (secondary N) is 3. The van der Waals surface area contributed by atoms with Crippen LogP contribution in [0.15, 0.2) is 229 Å². The molecule has 0 aliphatic carbocycles. The van der Waals surface area contributed by atoms with Gasteiger partial charge in [-0.15, -0.1) is 0 Å². The van der Waals surface area contributed by atoms with Crippen molar-refractivity contribution in [2.75, 3.05) is 156 Å². The van der Waals surface area contributed by atoms with E-state index in [0.29, 0.717) is 96.3 Å². The van der Waals surface area contributed by atoms with Crippen molar-refractivity contribution in [1.29, 1.82) is 0 Å². The van der Waals surface area contributed by atoms with E-state index in [1.54, 1.807) is 0 Å². The van der Waals surface area contributed by atoms with Crippen molar-refractivity contribution in [1.82, 2.24) is 97.6 Å². The molecule has 5 fully saturated rings. The molecule has 0 radical (unpaired) electrons. The maximum absolute atomic E-state index is 12.8. The van der Waals surface area contributed by atoms with Crippen molar-refractivity contribution in [2.24, 2.45) is 0 Å². The summed E-state index contributed by atoms with van der Waals surface area (Å²) in [6.45, 7) is 41.4. The van der Waals surface area contributed by atoms with Gasteiger partial charge in [0.2, 0.25) is 0 Å². The average Bonchev–Trinajstić information content (AvgIpc) is 1.58. The molecule has 25 rings (SSSR count). The fraction of sp³-hybridized carbons (Fsp3) is 0.324. The number of hydrogen-bond acceptors (Lipinski definition) is 30. The number of aromatic nitrogens is 15. The molecule has 746 valence electrons. The molecule has 20 heterocycles. The van der Waals surface area contributed by atoms with Gasteiger partial charge < -0.3 is 94.3 Å². The Hall–Kier alpha value is -16.0. The van der Waals surface area contributed by atoms with E-state index in [2.05, 4.69) is 158 Å². The van der Waals surface area contributed by atoms with Gasteiger partial charge in [0.05, 0.1) is 113 Å². The summed E-state index contributed by atoms with van der Waals surface area (Å²) in [4.78, 5) is 125. The van der Waals surface area contributed by atoms with Crippen LogP contribution in [0.2, 0.25) is 0 Å². The number of likely N-dealkylation sites (N-methyl/N-ethyl adjacent to an activating group) is 2. The van der Waals surface area contributed by atoms with Crippen molar-refractivity contribution in [2.45, 2.75) is 108 Å². The van der Waals surface area contributed by atoms with Crippen LogP contribution in [0.25, 0.3) is 139 Å². The first-order valence-electron chi connectivity index (χ1n) is 49.9. The maximum Gasteiger partial charge on any atom is 0.345 e. The molecular formula is C111H117N25O10. The fourth-order valence-corrected chi connectivity index (χ4v) is 20.5. The third-order valence-electron chi connectivity index (χ3n) is 27.7. The number of piperazine rings is 3. The summed E-state index contributed by atoms with van der Waals surface area (Å²) in [6, 6.07) is 40.5. The summed E-state index contributed by atoms with van der Waals surface area (Å²) in [5.41, 5.74) is 24.2. The molecular weight excluding hydrogens is 1840 g/mol. The predicted molar refractivity (Wildman–Crippen MR) is 573 cm³/mol. The third kappa shape index (κ3) is 20.3. The zero-order valence-electron chi connectivity index (χ0n) is 84.5. The second kappa shape index (κ2) is 40.3. The van der Waals surface area contributed by atoms with Crippen LogP contribution in [-0.4, -0.2) is 226 Å². The van der Waals surface area contributed by atoms with Crippen LogP contribution < -0.4 is 68.6 Å². The molecule has 0 unspecified atom stereocenters. The van der Waals surface area contributed by atoms with Crippen LogP contribution in [0.5, 0.6) is 0 Å². The van der Waals surface area contributed by atoms with Gasteiger partial charge in [0.1, 0.15) is 27.9 Å². The van der Waals surface area contributed by atoms with Crippen LogP contribution >= 0.6 is 0 Å². The van der Waals surface area contributed by atoms with Crippen molar-refractivity contribution in [3.8, 4) is 56.3 Å². The van der Waals surface area contributed by atoms with Gasteiger partial charge in [0, 0.05) is 264 Å². The van der Waals surface area contributed by atoms with E-state index in [1.807, 2.05) is 244 Å². The molecule has 2 atom stereocenters. The van der Waals surface area contributed by atoms with E-state index < -0.39 is 0 Å². The number of rotatable bonds is 10. The van der Waals surface area contributed by atoms with Crippen LogP contribution in [0.1, 0.15) is 83.6 Å². The van der Waals surface area contributed by atoms with E-state index in [1.165, 1.54) is 0 Å². The molecule has 5 aromatic carbocycles. The van der Waals surface area contributed by atoms with Crippen molar-refractivity contribution in [3.05, 3.63) is 292 Å². The summed E-state index contributed by atoms with van der Waals surface area (Å²) < 4.78 is 38.0. The second-order valence-electron chi connectivity index (χ2n) is 39.1. The highest BCUT2D eigenvalue weighted by Crippen LogP contribution is 2.35. The highest BCUT2D eigenvalue weighted by Gasteiger charge is 2.27. The number of fused-ring (bicyclic) bond motifs is 10. The maximum atomic E-state index is 12.8. The van der Waals surface area contributed by atoms with Gasteiger partial charge in [-0.05, 0) is 214 Å². The van der Waals surface area contributed by atoms with Gasteiger partial charge in [-0.25, -0.2) is 48.9 Å². The number of benzene rings is 5. The first-order chi connectivity index (χ1) is 70.5. The largest absolute Gasteiger partial charge is 0.422 e. The number of imidazole rings is 5. The normalized spacial score (nSPS) is 16.2. The number of anilines is 5. The smallest absolute Gasteiger partial charge is 0.345 e. The lowest BCUT2D eigenvalue weighted by molar-refractivity contribution is 0.313. The Bertz CT molecular complexity index is 8750. The quantitative estimate of drug-likeness (QED) is 0.107. The van der Waals surface area contributed by atoms with Crippen LogP contribution in [-0.2, 0) is 0 Å². The molecule has 5 aliphatic rings. The number of aryl methyl sites for hydroxylation is 10. The van der Waals surface area contributed by atoms with Gasteiger partial charge in [-0.3, -0.25) is 24.9 Å². The summed E-state index contributed by atoms with van der Waals surface area (Å²) in [5.74, 6) is 0. The Balaban J connectivity index is 0.000000107. The minimum atomic E-state index is -0.382. The highest BCUT2D eigenvalue weighted by molar-refractivity contribution is 5.90. The second-order valence-corrected chi connectivity index (χ2v) is 39.1. The molecule has 5 saturated heterocycles. The van der Waals surface area contributed by atoms with E-state index in [0.717, 1.165) is 271 Å². The van der Waals surface area contributed by atoms with Gasteiger partial charge in [-0.1, -0.05) is 0 Å². The standard InChI is InChI=1S/2C23H25N5O2.2C22H23N5O2.C21H21N5O2/c1-13-9-27(10-14(2)24-13)18-6-5-17-7-19(23(29)30-21(17)8-18)20-12-28-11-15(3)25-16(4)22(28)26-20;1-15-13-28-14-20(25-22(28)16(2)24-15)19-11-17-5-6-18(12-21(17)30-23(19)29)27-8-4-7-26(3)9-10-27;1-14-12-27-13-19(24-21(27)15(2)23-14)18-10-16-4-5-17(11-20(16)29-22(18)28)26-8-6-25(3)7-9-26;1-14-12-27-13-19(25-21(27)15(2)24-14)18-10-16-4-5-17(11-20(16)29-22(18)28)26-8-3-6-23-7-9-26;1-13-11-26-12-18(24-20(26)14(2)23-13)17-9-15-3-4-16(10-19(15)28-21(17)27)25-7-5-22-6-8-25/h5-8,11-14,24H,9-10H2,1-4H3;5-6,11-14H,4,7-10H2,1-3H3;4-5,10-13H,6-9H2,1-3H3;4-5,10-13,23H,3,6-9H2,1-2H3;3-4,9-12,22H,5-8H2,1-2H3/t13-,14+;;;;. The zero-order valence-corrected chi connectivity index (χ0v) is 84.5. The first-order valence-corrected chi connectivity index (χ1v) is 49.9. The summed E-state index contributed by atoms with van der Waals surface area (Å²) >= 11 is 0. The van der Waals surface area contributed by atoms with E-state index >= 15 is 0 Å². The van der Waals surface area contributed by atoms with E-state index in [9.17, 15) is 24.0 Å². The molecule has 0 bridgehead atoms. The first kappa shape index (κ1) is 96.2. The molecule has 146 heavy (non-hydrogen) atoms. The zero-order chi connectivity index (χ0) is 101. The Morgan fingerprint density at radius 3 is 0.788 bits per heavy atom. The predicted octanol–water partition coefficient (Wildman–Crippen LogP) is 14.9. The van der Waals surface area contributed by atoms with E-state index in [4.69, 9.17) is 22.1 Å². The minimum Gasteiger partial charge on any atom is -0.422 e. The molecule has 20 aromatic rings. The lowest BCUT2D eigenvalue weighted by Crippen LogP contribution is -2.54. The van der Waals surface area contributed by atoms with Crippen LogP contribution in [0, 0.1) is 69.2 Å². The highest BCUT2D eigenvalue weighted by atomic mass is 16.4. The molecule has 35 heteroatoms. The van der Waals surface area contributed by atoms with Gasteiger partial charge in [0.15, 0.2) is 28.2 Å². The molecule has 0 spiro atoms. The number of nitrogens with zero attached hydrogens (tertiary/aromatic N) is 22. The average molecular weight is 1960 g/mol. The molecule has 3 N–H and O–H groups in total. The van der Waals surface area contributed by atoms with Gasteiger partial charge >= 0.3 is 28.1 Å². The van der Waals surface area contributed by atoms with Crippen molar-refractivity contribution >= 4 is 112 Å². The molecule has 5 aliphatic heterocycles. The summed E-state index contributed by atoms with van der Waals surface area (Å²) in [7, 11) is 4.29. The Kier molecular flexibility index (Phi) is 26.6. The lowest BCUT2D eigenvalue weighted by Gasteiger charge is -2.37. The lowest BCUT2D eigenvalue weighted by atomic mass is 10.1. The van der Waals surface area contributed by atoms with Crippen molar-refractivity contribution in [3.63, 3.8) is 0 Å². The van der Waals surface area contributed by atoms with E-state index in [-0.39, 0.29) is 28.1 Å². The monoisotopic (exact) mass is 1960 g/mol. The third-order valence-corrected chi connectivity index (χ3v) is 27.7. The van der Waals surface area contributed by atoms with Gasteiger partial charge in [0.25, 0.3) is 0 Å². The minimum absolute atomic E-state index is 0.374. The molecule has 0 saturated carbocycles. The van der Waals surface area contributed by atoms with Crippen LogP contribution in [0.4, 0.5) is 28.4 Å². The molecule has 0 amide bonds. The summed E-state index contributed by atoms with van der Waals surface area (Å²) in [6.07, 6.45) is 21.0. The fourth-order valence-electron chi connectivity index (χ4n) is 20.5. The van der Waals surface area contributed by atoms with Crippen molar-refractivity contribution < 1.29 is 22.1 Å². The summed E-state index contributed by atoms with van der Waals surface area (Å²) in [5, 5.41) is 14.7. The Morgan fingerprint density at radius 2 is 0.500 bits per heavy atom. The van der Waals surface area contributed by atoms with Gasteiger partial charge in [-0.2, -0.15) is 0 Å².